The van der Waals surface area contributed by atoms with Gasteiger partial charge in [-0.3, -0.25) is 4.79 Å². The molecule has 0 aliphatic rings. The SMILES string of the molecule is Cc1c(Cl)cccc1NC(=O)c1cccc(OCCc2ccccc2)c1. The van der Waals surface area contributed by atoms with Gasteiger partial charge in [0.05, 0.1) is 6.61 Å². The molecule has 0 spiro atoms. The summed E-state index contributed by atoms with van der Waals surface area (Å²) in [6.07, 6.45) is 0.818. The van der Waals surface area contributed by atoms with Gasteiger partial charge in [0.15, 0.2) is 0 Å². The molecule has 0 fully saturated rings. The van der Waals surface area contributed by atoms with Crippen molar-refractivity contribution in [3.8, 4) is 5.75 Å². The van der Waals surface area contributed by atoms with Gasteiger partial charge in [-0.1, -0.05) is 54.1 Å². The third kappa shape index (κ3) is 4.64. The molecule has 3 aromatic carbocycles. The maximum absolute atomic E-state index is 12.5. The van der Waals surface area contributed by atoms with Gasteiger partial charge in [0.2, 0.25) is 0 Å². The van der Waals surface area contributed by atoms with Crippen LogP contribution >= 0.6 is 11.6 Å². The largest absolute Gasteiger partial charge is 0.493 e. The molecule has 0 aromatic heterocycles. The lowest BCUT2D eigenvalue weighted by Gasteiger charge is -2.11. The van der Waals surface area contributed by atoms with Gasteiger partial charge in [-0.05, 0) is 48.4 Å². The molecular formula is C22H20ClNO2. The lowest BCUT2D eigenvalue weighted by molar-refractivity contribution is 0.102. The van der Waals surface area contributed by atoms with Crippen molar-refractivity contribution in [2.45, 2.75) is 13.3 Å². The van der Waals surface area contributed by atoms with E-state index in [0.29, 0.717) is 28.6 Å². The summed E-state index contributed by atoms with van der Waals surface area (Å²) in [6.45, 7) is 2.43. The first-order valence-electron chi connectivity index (χ1n) is 8.47. The summed E-state index contributed by atoms with van der Waals surface area (Å²) in [6, 6.07) is 22.8. The maximum Gasteiger partial charge on any atom is 0.255 e. The first-order chi connectivity index (χ1) is 12.6. The fourth-order valence-electron chi connectivity index (χ4n) is 2.60. The van der Waals surface area contributed by atoms with Crippen LogP contribution in [-0.4, -0.2) is 12.5 Å². The van der Waals surface area contributed by atoms with E-state index in [0.717, 1.165) is 12.0 Å². The van der Waals surface area contributed by atoms with Crippen molar-refractivity contribution in [2.24, 2.45) is 0 Å². The van der Waals surface area contributed by atoms with Crippen molar-refractivity contribution in [1.82, 2.24) is 0 Å². The number of anilines is 1. The Morgan fingerprint density at radius 1 is 1.00 bits per heavy atom. The molecule has 0 bridgehead atoms. The first kappa shape index (κ1) is 18.0. The fraction of sp³-hybridized carbons (Fsp3) is 0.136. The molecule has 0 radical (unpaired) electrons. The summed E-state index contributed by atoms with van der Waals surface area (Å²) in [5.74, 6) is 0.486. The number of halogens is 1. The van der Waals surface area contributed by atoms with Crippen LogP contribution in [0, 0.1) is 6.92 Å². The summed E-state index contributed by atoms with van der Waals surface area (Å²) >= 11 is 6.10. The Morgan fingerprint density at radius 3 is 2.58 bits per heavy atom. The molecule has 0 aliphatic carbocycles. The van der Waals surface area contributed by atoms with Gasteiger partial charge < -0.3 is 10.1 Å². The van der Waals surface area contributed by atoms with Crippen LogP contribution in [0.1, 0.15) is 21.5 Å². The van der Waals surface area contributed by atoms with Crippen LogP contribution in [0.5, 0.6) is 5.75 Å². The standard InChI is InChI=1S/C22H20ClNO2/c1-16-20(23)11-6-12-21(16)24-22(25)18-9-5-10-19(15-18)26-14-13-17-7-3-2-4-8-17/h2-12,15H,13-14H2,1H3,(H,24,25). The van der Waals surface area contributed by atoms with E-state index < -0.39 is 0 Å². The minimum atomic E-state index is -0.191. The van der Waals surface area contributed by atoms with E-state index in [9.17, 15) is 4.79 Å². The number of nitrogens with one attached hydrogen (secondary N) is 1. The van der Waals surface area contributed by atoms with Crippen LogP contribution in [-0.2, 0) is 6.42 Å². The number of amides is 1. The highest BCUT2D eigenvalue weighted by Gasteiger charge is 2.10. The zero-order valence-electron chi connectivity index (χ0n) is 14.5. The predicted molar refractivity (Wildman–Crippen MR) is 106 cm³/mol. The summed E-state index contributed by atoms with van der Waals surface area (Å²) in [4.78, 5) is 12.5. The number of rotatable bonds is 6. The van der Waals surface area contributed by atoms with Crippen molar-refractivity contribution in [2.75, 3.05) is 11.9 Å². The summed E-state index contributed by atoms with van der Waals surface area (Å²) in [5.41, 5.74) is 3.31. The molecule has 3 rings (SSSR count). The Hall–Kier alpha value is -2.78. The minimum absolute atomic E-state index is 0.191. The number of ether oxygens (including phenoxy) is 1. The molecule has 0 saturated carbocycles. The maximum atomic E-state index is 12.5. The fourth-order valence-corrected chi connectivity index (χ4v) is 2.77. The Bertz CT molecular complexity index is 894. The second kappa shape index (κ2) is 8.54. The van der Waals surface area contributed by atoms with E-state index in [2.05, 4.69) is 17.4 Å². The highest BCUT2D eigenvalue weighted by molar-refractivity contribution is 6.31. The van der Waals surface area contributed by atoms with Gasteiger partial charge in [0, 0.05) is 22.7 Å². The third-order valence-electron chi connectivity index (χ3n) is 4.11. The molecule has 0 aliphatic heterocycles. The van der Waals surface area contributed by atoms with E-state index >= 15 is 0 Å². The lowest BCUT2D eigenvalue weighted by atomic mass is 10.1. The van der Waals surface area contributed by atoms with Crippen LogP contribution in [0.4, 0.5) is 5.69 Å². The highest BCUT2D eigenvalue weighted by Crippen LogP contribution is 2.24. The van der Waals surface area contributed by atoms with Gasteiger partial charge in [-0.2, -0.15) is 0 Å². The van der Waals surface area contributed by atoms with Crippen LogP contribution in [0.15, 0.2) is 72.8 Å². The number of hydrogen-bond acceptors (Lipinski definition) is 2. The zero-order chi connectivity index (χ0) is 18.4. The van der Waals surface area contributed by atoms with Crippen LogP contribution in [0.25, 0.3) is 0 Å². The molecule has 1 amide bonds. The number of benzene rings is 3. The lowest BCUT2D eigenvalue weighted by Crippen LogP contribution is -2.13. The van der Waals surface area contributed by atoms with Gasteiger partial charge in [0.25, 0.3) is 5.91 Å². The van der Waals surface area contributed by atoms with E-state index in [1.807, 2.05) is 49.4 Å². The van der Waals surface area contributed by atoms with Gasteiger partial charge in [0.1, 0.15) is 5.75 Å². The van der Waals surface area contributed by atoms with E-state index in [4.69, 9.17) is 16.3 Å². The van der Waals surface area contributed by atoms with E-state index in [1.165, 1.54) is 5.56 Å². The minimum Gasteiger partial charge on any atom is -0.493 e. The molecule has 0 saturated heterocycles. The van der Waals surface area contributed by atoms with Crippen molar-refractivity contribution in [3.05, 3.63) is 94.5 Å². The molecule has 0 unspecified atom stereocenters. The molecule has 0 atom stereocenters. The third-order valence-corrected chi connectivity index (χ3v) is 4.52. The van der Waals surface area contributed by atoms with Crippen LogP contribution in [0.3, 0.4) is 0 Å². The Kier molecular flexibility index (Phi) is 5.92. The molecule has 132 valence electrons. The average molecular weight is 366 g/mol. The highest BCUT2D eigenvalue weighted by atomic mass is 35.5. The summed E-state index contributed by atoms with van der Waals surface area (Å²) in [5, 5.41) is 3.52. The van der Waals surface area contributed by atoms with Crippen molar-refractivity contribution in [3.63, 3.8) is 0 Å². The summed E-state index contributed by atoms with van der Waals surface area (Å²) in [7, 11) is 0. The Morgan fingerprint density at radius 2 is 1.77 bits per heavy atom. The Labute approximate surface area is 158 Å². The second-order valence-corrected chi connectivity index (χ2v) is 6.39. The monoisotopic (exact) mass is 365 g/mol. The first-order valence-corrected chi connectivity index (χ1v) is 8.84. The van der Waals surface area contributed by atoms with Gasteiger partial charge >= 0.3 is 0 Å². The Balaban J connectivity index is 1.63. The van der Waals surface area contributed by atoms with Gasteiger partial charge in [-0.25, -0.2) is 0 Å². The second-order valence-electron chi connectivity index (χ2n) is 5.98. The normalized spacial score (nSPS) is 10.4. The number of carbonyl (C=O) groups is 1. The van der Waals surface area contributed by atoms with E-state index in [1.54, 1.807) is 18.2 Å². The number of hydrogen-bond donors (Lipinski definition) is 1. The quantitative estimate of drug-likeness (QED) is 0.624. The number of carbonyl (C=O) groups excluding carboxylic acids is 1. The summed E-state index contributed by atoms with van der Waals surface area (Å²) < 4.78 is 5.79. The smallest absolute Gasteiger partial charge is 0.255 e. The topological polar surface area (TPSA) is 38.3 Å². The van der Waals surface area contributed by atoms with Crippen LogP contribution < -0.4 is 10.1 Å². The predicted octanol–water partition coefficient (Wildman–Crippen LogP) is 5.52. The van der Waals surface area contributed by atoms with Crippen molar-refractivity contribution < 1.29 is 9.53 Å². The molecule has 3 aromatic rings. The van der Waals surface area contributed by atoms with Crippen molar-refractivity contribution >= 4 is 23.2 Å². The average Bonchev–Trinajstić information content (AvgIpc) is 2.66. The molecule has 0 heterocycles. The van der Waals surface area contributed by atoms with Gasteiger partial charge in [-0.15, -0.1) is 0 Å². The molecule has 26 heavy (non-hydrogen) atoms. The molecule has 1 N–H and O–H groups in total. The van der Waals surface area contributed by atoms with E-state index in [-0.39, 0.29) is 5.91 Å². The van der Waals surface area contributed by atoms with Crippen LogP contribution in [0.2, 0.25) is 5.02 Å². The zero-order valence-corrected chi connectivity index (χ0v) is 15.3. The molecule has 3 nitrogen and oxygen atoms in total. The molecule has 4 heteroatoms. The van der Waals surface area contributed by atoms with Crippen molar-refractivity contribution in [1.29, 1.82) is 0 Å². The molecular weight excluding hydrogens is 346 g/mol.